The lowest BCUT2D eigenvalue weighted by atomic mass is 9.88. The Balaban J connectivity index is 1.52. The summed E-state index contributed by atoms with van der Waals surface area (Å²) in [6.07, 6.45) is 4.03. The maximum atomic E-state index is 13.4. The number of carbonyl (C=O) groups excluding carboxylic acids is 2. The summed E-state index contributed by atoms with van der Waals surface area (Å²) >= 11 is 6.56. The molecule has 0 unspecified atom stereocenters. The minimum atomic E-state index is -0.265. The predicted octanol–water partition coefficient (Wildman–Crippen LogP) is 5.36. The highest BCUT2D eigenvalue weighted by atomic mass is 35.5. The zero-order valence-electron chi connectivity index (χ0n) is 20.6. The third kappa shape index (κ3) is 6.47. The lowest BCUT2D eigenvalue weighted by Gasteiger charge is -2.37. The standard InChI is InChI=1S/C27H34ClN3O4/c1-27(2,3)14-25(32)31(21-8-5-19(29)6-9-21)15-18-12-20(7-10-22(18)28)30-26(33)17-4-11-23-24(13-17)35-16-34-23/h4,7,10-13,19,21H,5-6,8-9,14-16,29H2,1-3H3,(H,30,33). The Morgan fingerprint density at radius 1 is 1.06 bits per heavy atom. The van der Waals surface area contributed by atoms with Crippen molar-refractivity contribution in [3.8, 4) is 11.5 Å². The van der Waals surface area contributed by atoms with Gasteiger partial charge >= 0.3 is 0 Å². The van der Waals surface area contributed by atoms with E-state index in [9.17, 15) is 9.59 Å². The smallest absolute Gasteiger partial charge is 0.255 e. The van der Waals surface area contributed by atoms with Crippen LogP contribution in [0.4, 0.5) is 5.69 Å². The van der Waals surface area contributed by atoms with Gasteiger partial charge in [0.05, 0.1) is 0 Å². The van der Waals surface area contributed by atoms with Gasteiger partial charge in [0.15, 0.2) is 11.5 Å². The van der Waals surface area contributed by atoms with Crippen LogP contribution in [0.5, 0.6) is 11.5 Å². The summed E-state index contributed by atoms with van der Waals surface area (Å²) in [6.45, 7) is 6.75. The number of nitrogens with two attached hydrogens (primary N) is 1. The Kier molecular flexibility index (Phi) is 7.57. The summed E-state index contributed by atoms with van der Waals surface area (Å²) in [5, 5.41) is 3.49. The van der Waals surface area contributed by atoms with E-state index in [0.717, 1.165) is 31.2 Å². The molecule has 2 aliphatic rings. The van der Waals surface area contributed by atoms with Gasteiger partial charge in [0, 0.05) is 41.3 Å². The van der Waals surface area contributed by atoms with E-state index in [1.807, 2.05) is 11.0 Å². The summed E-state index contributed by atoms with van der Waals surface area (Å²) < 4.78 is 10.7. The molecule has 2 amide bonds. The van der Waals surface area contributed by atoms with Gasteiger partial charge in [-0.3, -0.25) is 9.59 Å². The van der Waals surface area contributed by atoms with E-state index in [-0.39, 0.29) is 36.1 Å². The lowest BCUT2D eigenvalue weighted by Crippen LogP contribution is -2.44. The third-order valence-electron chi connectivity index (χ3n) is 6.46. The van der Waals surface area contributed by atoms with Gasteiger partial charge in [0.25, 0.3) is 5.91 Å². The SMILES string of the molecule is CC(C)(C)CC(=O)N(Cc1cc(NC(=O)c2ccc3c(c2)OCO3)ccc1Cl)C1CCC(N)CC1. The van der Waals surface area contributed by atoms with Crippen molar-refractivity contribution in [3.05, 3.63) is 52.5 Å². The van der Waals surface area contributed by atoms with Crippen LogP contribution in [0.3, 0.4) is 0 Å². The Hall–Kier alpha value is -2.77. The first-order valence-electron chi connectivity index (χ1n) is 12.1. The molecule has 2 aromatic carbocycles. The second-order valence-electron chi connectivity index (χ2n) is 10.7. The summed E-state index contributed by atoms with van der Waals surface area (Å²) in [5.74, 6) is 1.02. The Bertz CT molecular complexity index is 1090. The molecular weight excluding hydrogens is 466 g/mol. The Labute approximate surface area is 211 Å². The van der Waals surface area contributed by atoms with Crippen molar-refractivity contribution in [2.75, 3.05) is 12.1 Å². The zero-order valence-corrected chi connectivity index (χ0v) is 21.4. The van der Waals surface area contributed by atoms with Crippen LogP contribution in [-0.2, 0) is 11.3 Å². The van der Waals surface area contributed by atoms with Gasteiger partial charge in [-0.05, 0) is 73.1 Å². The number of rotatable bonds is 6. The van der Waals surface area contributed by atoms with Crippen molar-refractivity contribution in [2.45, 2.75) is 71.5 Å². The number of ether oxygens (including phenoxy) is 2. The molecule has 188 valence electrons. The molecule has 0 spiro atoms. The molecule has 0 aromatic heterocycles. The summed E-state index contributed by atoms with van der Waals surface area (Å²) in [7, 11) is 0. The number of amides is 2. The van der Waals surface area contributed by atoms with E-state index in [1.54, 1.807) is 30.3 Å². The van der Waals surface area contributed by atoms with E-state index in [0.29, 0.717) is 40.7 Å². The molecule has 0 bridgehead atoms. The Morgan fingerprint density at radius 2 is 1.77 bits per heavy atom. The third-order valence-corrected chi connectivity index (χ3v) is 6.83. The minimum Gasteiger partial charge on any atom is -0.454 e. The van der Waals surface area contributed by atoms with Crippen molar-refractivity contribution in [2.24, 2.45) is 11.1 Å². The number of carbonyl (C=O) groups is 2. The second kappa shape index (κ2) is 10.5. The molecule has 0 saturated heterocycles. The fourth-order valence-electron chi connectivity index (χ4n) is 4.59. The van der Waals surface area contributed by atoms with Crippen LogP contribution in [0.2, 0.25) is 5.02 Å². The number of halogens is 1. The van der Waals surface area contributed by atoms with Gasteiger partial charge in [0.1, 0.15) is 0 Å². The molecule has 3 N–H and O–H groups in total. The first-order valence-corrected chi connectivity index (χ1v) is 12.5. The normalized spacial score (nSPS) is 19.3. The average Bonchev–Trinajstić information content (AvgIpc) is 3.27. The average molecular weight is 500 g/mol. The van der Waals surface area contributed by atoms with E-state index in [4.69, 9.17) is 26.8 Å². The second-order valence-corrected chi connectivity index (χ2v) is 11.1. The van der Waals surface area contributed by atoms with Crippen LogP contribution < -0.4 is 20.5 Å². The monoisotopic (exact) mass is 499 g/mol. The Morgan fingerprint density at radius 3 is 2.49 bits per heavy atom. The molecule has 0 atom stereocenters. The highest BCUT2D eigenvalue weighted by molar-refractivity contribution is 6.31. The summed E-state index contributed by atoms with van der Waals surface area (Å²) in [4.78, 5) is 28.2. The number of anilines is 1. The number of nitrogens with zero attached hydrogens (tertiary/aromatic N) is 1. The highest BCUT2D eigenvalue weighted by Crippen LogP contribution is 2.33. The van der Waals surface area contributed by atoms with Crippen molar-refractivity contribution in [1.29, 1.82) is 0 Å². The molecule has 7 nitrogen and oxygen atoms in total. The van der Waals surface area contributed by atoms with Crippen LogP contribution in [-0.4, -0.2) is 35.6 Å². The maximum absolute atomic E-state index is 13.4. The van der Waals surface area contributed by atoms with Crippen molar-refractivity contribution < 1.29 is 19.1 Å². The maximum Gasteiger partial charge on any atom is 0.255 e. The molecule has 2 aromatic rings. The van der Waals surface area contributed by atoms with Gasteiger partial charge in [-0.2, -0.15) is 0 Å². The van der Waals surface area contributed by atoms with E-state index in [2.05, 4.69) is 26.1 Å². The van der Waals surface area contributed by atoms with Crippen LogP contribution in [0.15, 0.2) is 36.4 Å². The van der Waals surface area contributed by atoms with Gasteiger partial charge in [-0.25, -0.2) is 0 Å². The molecule has 1 aliphatic heterocycles. The number of fused-ring (bicyclic) bond motifs is 1. The fraction of sp³-hybridized carbons (Fsp3) is 0.481. The zero-order chi connectivity index (χ0) is 25.2. The summed E-state index contributed by atoms with van der Waals surface area (Å²) in [5.41, 5.74) is 7.87. The molecule has 1 fully saturated rings. The van der Waals surface area contributed by atoms with Crippen molar-refractivity contribution in [3.63, 3.8) is 0 Å². The van der Waals surface area contributed by atoms with E-state index >= 15 is 0 Å². The van der Waals surface area contributed by atoms with E-state index < -0.39 is 0 Å². The number of nitrogens with one attached hydrogen (secondary N) is 1. The summed E-state index contributed by atoms with van der Waals surface area (Å²) in [6, 6.07) is 10.8. The first kappa shape index (κ1) is 25.3. The largest absolute Gasteiger partial charge is 0.454 e. The van der Waals surface area contributed by atoms with Crippen LogP contribution in [0, 0.1) is 5.41 Å². The highest BCUT2D eigenvalue weighted by Gasteiger charge is 2.30. The van der Waals surface area contributed by atoms with Crippen molar-refractivity contribution in [1.82, 2.24) is 4.90 Å². The predicted molar refractivity (Wildman–Crippen MR) is 137 cm³/mol. The molecule has 1 aliphatic carbocycles. The number of hydrogen-bond donors (Lipinski definition) is 2. The molecule has 1 saturated carbocycles. The minimum absolute atomic E-state index is 0.115. The molecule has 4 rings (SSSR count). The molecule has 35 heavy (non-hydrogen) atoms. The fourth-order valence-corrected chi connectivity index (χ4v) is 4.76. The molecule has 1 heterocycles. The molecule has 8 heteroatoms. The number of hydrogen-bond acceptors (Lipinski definition) is 5. The molecule has 0 radical (unpaired) electrons. The quantitative estimate of drug-likeness (QED) is 0.558. The van der Waals surface area contributed by atoms with E-state index in [1.165, 1.54) is 0 Å². The van der Waals surface area contributed by atoms with Crippen molar-refractivity contribution >= 4 is 29.1 Å². The first-order chi connectivity index (χ1) is 16.6. The van der Waals surface area contributed by atoms with Crippen LogP contribution in [0.25, 0.3) is 0 Å². The van der Waals surface area contributed by atoms with Gasteiger partial charge in [-0.15, -0.1) is 0 Å². The number of benzene rings is 2. The van der Waals surface area contributed by atoms with Crippen LogP contribution in [0.1, 0.15) is 68.8 Å². The topological polar surface area (TPSA) is 93.9 Å². The van der Waals surface area contributed by atoms with Gasteiger partial charge in [-0.1, -0.05) is 32.4 Å². The van der Waals surface area contributed by atoms with Gasteiger partial charge in [0.2, 0.25) is 12.7 Å². The van der Waals surface area contributed by atoms with Gasteiger partial charge < -0.3 is 25.4 Å². The molecular formula is C27H34ClN3O4. The lowest BCUT2D eigenvalue weighted by molar-refractivity contribution is -0.137. The van der Waals surface area contributed by atoms with Crippen LogP contribution >= 0.6 is 11.6 Å².